The van der Waals surface area contributed by atoms with Crippen LogP contribution in [0.1, 0.15) is 13.3 Å². The maximum Gasteiger partial charge on any atom is 0.365 e. The average molecular weight is 353 g/mol. The molecule has 1 aliphatic heterocycles. The fraction of sp³-hybridized carbons (Fsp3) is 0.438. The number of imide groups is 1. The van der Waals surface area contributed by atoms with Gasteiger partial charge in [-0.3, -0.25) is 9.59 Å². The minimum absolute atomic E-state index is 0.116. The molecule has 0 aliphatic carbocycles. The summed E-state index contributed by atoms with van der Waals surface area (Å²) in [6.45, 7) is 2.02. The number of nitrogens with zero attached hydrogens (tertiary/aromatic N) is 1. The molecule has 2 rings (SSSR count). The van der Waals surface area contributed by atoms with Crippen molar-refractivity contribution in [1.29, 1.82) is 0 Å². The predicted octanol–water partition coefficient (Wildman–Crippen LogP) is 0.234. The largest absolute Gasteiger partial charge is 0.497 e. The Morgan fingerprint density at radius 3 is 2.62 bits per heavy atom. The molecule has 0 radical (unpaired) electrons. The van der Waals surface area contributed by atoms with Crippen LogP contribution in [0.3, 0.4) is 0 Å². The predicted molar refractivity (Wildman–Crippen MR) is 89.7 cm³/mol. The molecule has 8 heteroatoms. The van der Waals surface area contributed by atoms with Gasteiger partial charge in [0.15, 0.2) is 6.04 Å². The van der Waals surface area contributed by atoms with Crippen molar-refractivity contribution in [2.45, 2.75) is 24.6 Å². The van der Waals surface area contributed by atoms with Crippen molar-refractivity contribution in [3.63, 3.8) is 0 Å². The van der Waals surface area contributed by atoms with E-state index in [0.29, 0.717) is 23.8 Å². The van der Waals surface area contributed by atoms with Gasteiger partial charge in [0.25, 0.3) is 0 Å². The highest BCUT2D eigenvalue weighted by Gasteiger charge is 2.40. The van der Waals surface area contributed by atoms with Gasteiger partial charge in [-0.25, -0.2) is 9.69 Å². The lowest BCUT2D eigenvalue weighted by Crippen LogP contribution is -2.66. The molecule has 1 aromatic rings. The molecule has 0 saturated carbocycles. The fourth-order valence-corrected chi connectivity index (χ4v) is 3.41. The molecular weight excluding hydrogens is 332 g/mol. The number of rotatable bonds is 7. The van der Waals surface area contributed by atoms with E-state index < -0.39 is 17.3 Å². The van der Waals surface area contributed by atoms with Crippen LogP contribution in [-0.2, 0) is 19.1 Å². The van der Waals surface area contributed by atoms with Crippen LogP contribution in [0.2, 0.25) is 0 Å². The van der Waals surface area contributed by atoms with Crippen molar-refractivity contribution in [2.75, 3.05) is 24.4 Å². The molecule has 2 amide bonds. The number of ether oxygens (including phenoxy) is 2. The molecule has 0 spiro atoms. The van der Waals surface area contributed by atoms with E-state index in [0.717, 1.165) is 0 Å². The van der Waals surface area contributed by atoms with Crippen LogP contribution < -0.4 is 15.4 Å². The SMILES string of the molecule is CCOC(=O)[C@@H]([NH3+])CS[C@@H]1CC(=O)N(c2ccc(OC)cc2)C1=O. The number of hydrogen-bond donors (Lipinski definition) is 1. The second-order valence-electron chi connectivity index (χ2n) is 5.24. The highest BCUT2D eigenvalue weighted by Crippen LogP contribution is 2.30. The fourth-order valence-electron chi connectivity index (χ4n) is 2.30. The second-order valence-corrected chi connectivity index (χ2v) is 6.48. The summed E-state index contributed by atoms with van der Waals surface area (Å²) < 4.78 is 9.96. The number of benzene rings is 1. The molecule has 0 unspecified atom stereocenters. The van der Waals surface area contributed by atoms with Crippen LogP contribution in [0.25, 0.3) is 0 Å². The van der Waals surface area contributed by atoms with Crippen molar-refractivity contribution in [1.82, 2.24) is 0 Å². The Kier molecular flexibility index (Phi) is 6.22. The third kappa shape index (κ3) is 4.07. The van der Waals surface area contributed by atoms with Crippen molar-refractivity contribution in [2.24, 2.45) is 0 Å². The van der Waals surface area contributed by atoms with E-state index in [1.807, 2.05) is 0 Å². The molecule has 1 fully saturated rings. The summed E-state index contributed by atoms with van der Waals surface area (Å²) in [4.78, 5) is 37.4. The number of carbonyl (C=O) groups excluding carboxylic acids is 3. The lowest BCUT2D eigenvalue weighted by molar-refractivity contribution is -0.401. The zero-order valence-corrected chi connectivity index (χ0v) is 14.5. The zero-order chi connectivity index (χ0) is 17.7. The molecule has 0 bridgehead atoms. The third-order valence-electron chi connectivity index (χ3n) is 3.55. The Morgan fingerprint density at radius 1 is 1.38 bits per heavy atom. The van der Waals surface area contributed by atoms with E-state index in [9.17, 15) is 14.4 Å². The number of methoxy groups -OCH3 is 1. The number of anilines is 1. The van der Waals surface area contributed by atoms with E-state index in [-0.39, 0.29) is 18.2 Å². The quantitative estimate of drug-likeness (QED) is 0.556. The van der Waals surface area contributed by atoms with Gasteiger partial charge in [-0.15, -0.1) is 11.8 Å². The molecule has 1 heterocycles. The first-order valence-corrected chi connectivity index (χ1v) is 8.65. The van der Waals surface area contributed by atoms with Gasteiger partial charge in [-0.05, 0) is 31.2 Å². The maximum atomic E-state index is 12.5. The molecule has 3 N–H and O–H groups in total. The molecular formula is C16H21N2O5S+. The summed E-state index contributed by atoms with van der Waals surface area (Å²) in [6.07, 6.45) is 0.116. The Hall–Kier alpha value is -2.06. The monoisotopic (exact) mass is 353 g/mol. The number of carbonyl (C=O) groups is 3. The van der Waals surface area contributed by atoms with Gasteiger partial charge >= 0.3 is 5.97 Å². The lowest BCUT2D eigenvalue weighted by Gasteiger charge is -2.15. The maximum absolute atomic E-state index is 12.5. The Morgan fingerprint density at radius 2 is 2.04 bits per heavy atom. The van der Waals surface area contributed by atoms with Crippen molar-refractivity contribution in [3.05, 3.63) is 24.3 Å². The average Bonchev–Trinajstić information content (AvgIpc) is 2.86. The molecule has 1 aromatic carbocycles. The number of hydrogen-bond acceptors (Lipinski definition) is 6. The Labute approximate surface area is 144 Å². The molecule has 2 atom stereocenters. The highest BCUT2D eigenvalue weighted by atomic mass is 32.2. The van der Waals surface area contributed by atoms with Gasteiger partial charge in [0.1, 0.15) is 5.75 Å². The van der Waals surface area contributed by atoms with Crippen molar-refractivity contribution < 1.29 is 29.6 Å². The van der Waals surface area contributed by atoms with E-state index >= 15 is 0 Å². The molecule has 24 heavy (non-hydrogen) atoms. The van der Waals surface area contributed by atoms with Crippen LogP contribution in [-0.4, -0.2) is 48.5 Å². The summed E-state index contributed by atoms with van der Waals surface area (Å²) in [6, 6.07) is 6.18. The van der Waals surface area contributed by atoms with E-state index in [1.54, 1.807) is 38.3 Å². The van der Waals surface area contributed by atoms with Crippen LogP contribution >= 0.6 is 11.8 Å². The topological polar surface area (TPSA) is 101 Å². The Bertz CT molecular complexity index is 619. The third-order valence-corrected chi connectivity index (χ3v) is 4.92. The number of thioether (sulfide) groups is 1. The molecule has 1 saturated heterocycles. The van der Waals surface area contributed by atoms with Gasteiger partial charge < -0.3 is 15.2 Å². The summed E-state index contributed by atoms with van der Waals surface area (Å²) in [5.74, 6) is 0.0661. The van der Waals surface area contributed by atoms with Crippen LogP contribution in [0.4, 0.5) is 5.69 Å². The molecule has 130 valence electrons. The van der Waals surface area contributed by atoms with E-state index in [1.165, 1.54) is 16.7 Å². The first kappa shape index (κ1) is 18.3. The van der Waals surface area contributed by atoms with Gasteiger partial charge in [0, 0.05) is 6.42 Å². The van der Waals surface area contributed by atoms with Gasteiger partial charge in [-0.2, -0.15) is 0 Å². The molecule has 0 aromatic heterocycles. The minimum Gasteiger partial charge on any atom is -0.497 e. The summed E-state index contributed by atoms with van der Waals surface area (Å²) in [5.41, 5.74) is 4.26. The Balaban J connectivity index is 1.99. The number of esters is 1. The van der Waals surface area contributed by atoms with Gasteiger partial charge in [-0.1, -0.05) is 0 Å². The highest BCUT2D eigenvalue weighted by molar-refractivity contribution is 8.00. The summed E-state index contributed by atoms with van der Waals surface area (Å²) in [7, 11) is 1.55. The lowest BCUT2D eigenvalue weighted by atomic mass is 10.3. The first-order chi connectivity index (χ1) is 11.5. The summed E-state index contributed by atoms with van der Waals surface area (Å²) in [5, 5.41) is -0.502. The minimum atomic E-state index is -0.562. The first-order valence-electron chi connectivity index (χ1n) is 7.60. The standard InChI is InChI=1S/C16H20N2O5S/c1-3-23-16(21)12(17)9-24-13-8-14(19)18(15(13)20)10-4-6-11(22-2)7-5-10/h4-7,12-13H,3,8-9,17H2,1-2H3/p+1/t12-,13+/m0/s1. The van der Waals surface area contributed by atoms with Crippen molar-refractivity contribution >= 4 is 35.2 Å². The second kappa shape index (κ2) is 8.16. The zero-order valence-electron chi connectivity index (χ0n) is 13.7. The van der Waals surface area contributed by atoms with Crippen LogP contribution in [0.15, 0.2) is 24.3 Å². The van der Waals surface area contributed by atoms with Crippen LogP contribution in [0, 0.1) is 0 Å². The van der Waals surface area contributed by atoms with Crippen molar-refractivity contribution in [3.8, 4) is 5.75 Å². The number of amides is 2. The van der Waals surface area contributed by atoms with Gasteiger partial charge in [0.2, 0.25) is 11.8 Å². The van der Waals surface area contributed by atoms with E-state index in [4.69, 9.17) is 9.47 Å². The smallest absolute Gasteiger partial charge is 0.365 e. The van der Waals surface area contributed by atoms with Gasteiger partial charge in [0.05, 0.1) is 30.4 Å². The van der Waals surface area contributed by atoms with Crippen LogP contribution in [0.5, 0.6) is 5.75 Å². The number of quaternary nitrogens is 1. The normalized spacial score (nSPS) is 18.6. The van der Waals surface area contributed by atoms with E-state index in [2.05, 4.69) is 5.73 Å². The summed E-state index contributed by atoms with van der Waals surface area (Å²) >= 11 is 1.26. The molecule has 7 nitrogen and oxygen atoms in total. The molecule has 1 aliphatic rings.